The second-order valence-corrected chi connectivity index (χ2v) is 6.67. The molecular formula is C18H30BrNO3. The second kappa shape index (κ2) is 11.7. The Kier molecular flexibility index (Phi) is 10.3. The molecule has 0 aliphatic carbocycles. The van der Waals surface area contributed by atoms with Crippen molar-refractivity contribution in [3.8, 4) is 11.5 Å². The molecule has 1 rings (SSSR count). The molecule has 5 heteroatoms. The first-order valence-electron chi connectivity index (χ1n) is 8.40. The summed E-state index contributed by atoms with van der Waals surface area (Å²) in [6, 6.07) is 4.01. The molecule has 0 aromatic heterocycles. The van der Waals surface area contributed by atoms with Crippen molar-refractivity contribution in [2.75, 3.05) is 26.9 Å². The van der Waals surface area contributed by atoms with Crippen LogP contribution in [0, 0.1) is 0 Å². The number of hydrogen-bond acceptors (Lipinski definition) is 4. The summed E-state index contributed by atoms with van der Waals surface area (Å²) in [6.07, 6.45) is 3.44. The summed E-state index contributed by atoms with van der Waals surface area (Å²) >= 11 is 3.53. The van der Waals surface area contributed by atoms with Gasteiger partial charge in [-0.05, 0) is 45.4 Å². The first kappa shape index (κ1) is 20.3. The van der Waals surface area contributed by atoms with Gasteiger partial charge in [0.25, 0.3) is 0 Å². The quantitative estimate of drug-likeness (QED) is 0.534. The van der Waals surface area contributed by atoms with Crippen LogP contribution in [0.3, 0.4) is 0 Å². The normalized spacial score (nSPS) is 11.0. The minimum Gasteiger partial charge on any atom is -0.493 e. The molecule has 0 amide bonds. The summed E-state index contributed by atoms with van der Waals surface area (Å²) < 4.78 is 17.9. The topological polar surface area (TPSA) is 39.7 Å². The Morgan fingerprint density at radius 2 is 1.91 bits per heavy atom. The molecule has 23 heavy (non-hydrogen) atoms. The Labute approximate surface area is 149 Å². The Balaban J connectivity index is 2.50. The Morgan fingerprint density at radius 1 is 1.17 bits per heavy atom. The molecule has 0 radical (unpaired) electrons. The highest BCUT2D eigenvalue weighted by molar-refractivity contribution is 9.10. The van der Waals surface area contributed by atoms with E-state index in [1.54, 1.807) is 7.11 Å². The molecule has 132 valence electrons. The van der Waals surface area contributed by atoms with Crippen LogP contribution < -0.4 is 14.8 Å². The number of rotatable bonds is 12. The average molecular weight is 388 g/mol. The van der Waals surface area contributed by atoms with Gasteiger partial charge in [0.05, 0.1) is 13.2 Å². The van der Waals surface area contributed by atoms with E-state index in [0.717, 1.165) is 60.7 Å². The van der Waals surface area contributed by atoms with E-state index in [9.17, 15) is 0 Å². The Morgan fingerprint density at radius 3 is 2.57 bits per heavy atom. The van der Waals surface area contributed by atoms with Crippen LogP contribution in [0.25, 0.3) is 0 Å². The van der Waals surface area contributed by atoms with Gasteiger partial charge in [-0.2, -0.15) is 0 Å². The maximum Gasteiger partial charge on any atom is 0.166 e. The van der Waals surface area contributed by atoms with Crippen molar-refractivity contribution in [2.24, 2.45) is 0 Å². The highest BCUT2D eigenvalue weighted by atomic mass is 79.9. The van der Waals surface area contributed by atoms with Gasteiger partial charge in [-0.15, -0.1) is 0 Å². The van der Waals surface area contributed by atoms with Gasteiger partial charge in [-0.25, -0.2) is 0 Å². The highest BCUT2D eigenvalue weighted by Crippen LogP contribution is 2.35. The summed E-state index contributed by atoms with van der Waals surface area (Å²) in [4.78, 5) is 0. The van der Waals surface area contributed by atoms with Crippen LogP contribution in [0.15, 0.2) is 16.6 Å². The lowest BCUT2D eigenvalue weighted by atomic mass is 10.1. The minimum absolute atomic E-state index is 0.107. The van der Waals surface area contributed by atoms with Crippen molar-refractivity contribution in [3.63, 3.8) is 0 Å². The van der Waals surface area contributed by atoms with E-state index in [1.165, 1.54) is 6.42 Å². The van der Waals surface area contributed by atoms with Gasteiger partial charge in [0.2, 0.25) is 0 Å². The largest absolute Gasteiger partial charge is 0.493 e. The molecule has 0 fully saturated rings. The summed E-state index contributed by atoms with van der Waals surface area (Å²) in [5.41, 5.74) is 1.09. The van der Waals surface area contributed by atoms with E-state index in [0.29, 0.717) is 0 Å². The fourth-order valence-electron chi connectivity index (χ4n) is 2.15. The van der Waals surface area contributed by atoms with Gasteiger partial charge in [0, 0.05) is 29.8 Å². The van der Waals surface area contributed by atoms with E-state index in [-0.39, 0.29) is 6.10 Å². The third-order valence-corrected chi connectivity index (χ3v) is 3.73. The van der Waals surface area contributed by atoms with Crippen LogP contribution in [0.4, 0.5) is 0 Å². The molecule has 1 aromatic rings. The van der Waals surface area contributed by atoms with Crippen molar-refractivity contribution >= 4 is 15.9 Å². The van der Waals surface area contributed by atoms with Crippen LogP contribution in [0.5, 0.6) is 11.5 Å². The number of halogens is 1. The monoisotopic (exact) mass is 387 g/mol. The zero-order chi connectivity index (χ0) is 17.1. The zero-order valence-corrected chi connectivity index (χ0v) is 16.4. The molecule has 0 saturated heterocycles. The summed E-state index contributed by atoms with van der Waals surface area (Å²) in [5, 5.41) is 3.45. The number of nitrogens with one attached hydrogen (secondary N) is 1. The van der Waals surface area contributed by atoms with Crippen LogP contribution in [-0.4, -0.2) is 33.0 Å². The molecular weight excluding hydrogens is 358 g/mol. The molecule has 0 spiro atoms. The van der Waals surface area contributed by atoms with Crippen molar-refractivity contribution in [3.05, 3.63) is 22.2 Å². The fraction of sp³-hybridized carbons (Fsp3) is 0.667. The maximum absolute atomic E-state index is 5.93. The van der Waals surface area contributed by atoms with Crippen LogP contribution in [0.2, 0.25) is 0 Å². The lowest BCUT2D eigenvalue weighted by Gasteiger charge is -2.18. The molecule has 1 aromatic carbocycles. The van der Waals surface area contributed by atoms with E-state index in [2.05, 4.69) is 34.2 Å². The summed E-state index contributed by atoms with van der Waals surface area (Å²) in [5.74, 6) is 1.57. The third-order valence-electron chi connectivity index (χ3n) is 3.27. The number of benzene rings is 1. The predicted octanol–water partition coefficient (Wildman–Crippen LogP) is 4.54. The lowest BCUT2D eigenvalue weighted by molar-refractivity contribution is 0.128. The van der Waals surface area contributed by atoms with Gasteiger partial charge >= 0.3 is 0 Å². The first-order valence-corrected chi connectivity index (χ1v) is 9.19. The fourth-order valence-corrected chi connectivity index (χ4v) is 2.63. The van der Waals surface area contributed by atoms with Crippen molar-refractivity contribution in [1.29, 1.82) is 0 Å². The summed E-state index contributed by atoms with van der Waals surface area (Å²) in [6.45, 7) is 9.55. The highest BCUT2D eigenvalue weighted by Gasteiger charge is 2.13. The second-order valence-electron chi connectivity index (χ2n) is 5.76. The van der Waals surface area contributed by atoms with Gasteiger partial charge in [-0.3, -0.25) is 0 Å². The van der Waals surface area contributed by atoms with E-state index >= 15 is 0 Å². The predicted molar refractivity (Wildman–Crippen MR) is 98.5 cm³/mol. The molecule has 0 aliphatic heterocycles. The molecule has 0 atom stereocenters. The first-order chi connectivity index (χ1) is 11.1. The van der Waals surface area contributed by atoms with Crippen molar-refractivity contribution in [1.82, 2.24) is 5.32 Å². The molecule has 0 aliphatic rings. The van der Waals surface area contributed by atoms with Gasteiger partial charge in [0.15, 0.2) is 11.5 Å². The van der Waals surface area contributed by atoms with E-state index in [1.807, 2.05) is 19.9 Å². The number of hydrogen-bond donors (Lipinski definition) is 1. The van der Waals surface area contributed by atoms with Gasteiger partial charge in [0.1, 0.15) is 0 Å². The molecule has 1 N–H and O–H groups in total. The number of unbranched alkanes of at least 4 members (excludes halogenated alkanes) is 1. The van der Waals surface area contributed by atoms with Crippen LogP contribution in [0.1, 0.15) is 45.6 Å². The standard InChI is InChI=1S/C18H30BrNO3/c1-5-6-9-22-10-7-8-20-13-15-11-16(19)12-17(21-4)18(15)23-14(2)3/h11-12,14,20H,5-10,13H2,1-4H3. The molecule has 0 bridgehead atoms. The molecule has 0 saturated carbocycles. The van der Waals surface area contributed by atoms with Crippen LogP contribution in [-0.2, 0) is 11.3 Å². The SMILES string of the molecule is CCCCOCCCNCc1cc(Br)cc(OC)c1OC(C)C. The van der Waals surface area contributed by atoms with E-state index < -0.39 is 0 Å². The van der Waals surface area contributed by atoms with Crippen LogP contribution >= 0.6 is 15.9 Å². The molecule has 0 heterocycles. The average Bonchev–Trinajstić information content (AvgIpc) is 2.51. The van der Waals surface area contributed by atoms with E-state index in [4.69, 9.17) is 14.2 Å². The molecule has 4 nitrogen and oxygen atoms in total. The van der Waals surface area contributed by atoms with Crippen molar-refractivity contribution < 1.29 is 14.2 Å². The zero-order valence-electron chi connectivity index (χ0n) is 14.8. The number of ether oxygens (including phenoxy) is 3. The lowest BCUT2D eigenvalue weighted by Crippen LogP contribution is -2.18. The Hall–Kier alpha value is -0.780. The minimum atomic E-state index is 0.107. The number of methoxy groups -OCH3 is 1. The third kappa shape index (κ3) is 8.04. The van der Waals surface area contributed by atoms with Gasteiger partial charge < -0.3 is 19.5 Å². The van der Waals surface area contributed by atoms with Crippen molar-refractivity contribution in [2.45, 2.75) is 52.7 Å². The molecule has 0 unspecified atom stereocenters. The summed E-state index contributed by atoms with van der Waals surface area (Å²) in [7, 11) is 1.67. The Bertz CT molecular complexity index is 452. The smallest absolute Gasteiger partial charge is 0.166 e. The maximum atomic E-state index is 5.93. The van der Waals surface area contributed by atoms with Gasteiger partial charge in [-0.1, -0.05) is 29.3 Å².